The van der Waals surface area contributed by atoms with Crippen molar-refractivity contribution in [3.05, 3.63) is 0 Å². The molecule has 0 aromatic rings. The van der Waals surface area contributed by atoms with Crippen LogP contribution in [0.4, 0.5) is 0 Å². The summed E-state index contributed by atoms with van der Waals surface area (Å²) in [6.07, 6.45) is 4.85. The normalized spacial score (nSPS) is 27.0. The fourth-order valence-electron chi connectivity index (χ4n) is 2.26. The van der Waals surface area contributed by atoms with Crippen molar-refractivity contribution in [2.45, 2.75) is 45.6 Å². The highest BCUT2D eigenvalue weighted by atomic mass is 16.3. The van der Waals surface area contributed by atoms with Crippen LogP contribution in [-0.4, -0.2) is 17.8 Å². The summed E-state index contributed by atoms with van der Waals surface area (Å²) in [7, 11) is 0. The van der Waals surface area contributed by atoms with Crippen LogP contribution in [0.3, 0.4) is 0 Å². The summed E-state index contributed by atoms with van der Waals surface area (Å²) in [5.41, 5.74) is 5.68. The van der Waals surface area contributed by atoms with Crippen molar-refractivity contribution in [3.8, 4) is 0 Å². The van der Waals surface area contributed by atoms with Crippen molar-refractivity contribution in [1.29, 1.82) is 0 Å². The van der Waals surface area contributed by atoms with E-state index in [1.165, 1.54) is 25.7 Å². The van der Waals surface area contributed by atoms with Gasteiger partial charge in [0.25, 0.3) is 0 Å². The van der Waals surface area contributed by atoms with Crippen molar-refractivity contribution < 1.29 is 5.11 Å². The lowest BCUT2D eigenvalue weighted by molar-refractivity contribution is 0.0137. The van der Waals surface area contributed by atoms with Gasteiger partial charge in [-0.2, -0.15) is 0 Å². The minimum atomic E-state index is -0.273. The number of rotatable bonds is 3. The van der Waals surface area contributed by atoms with Crippen LogP contribution in [0.15, 0.2) is 0 Å². The molecule has 0 aliphatic heterocycles. The number of aliphatic hydroxyl groups excluding tert-OH is 1. The van der Waals surface area contributed by atoms with Gasteiger partial charge < -0.3 is 10.8 Å². The van der Waals surface area contributed by atoms with E-state index in [-0.39, 0.29) is 11.5 Å². The first-order valence-corrected chi connectivity index (χ1v) is 4.99. The fourth-order valence-corrected chi connectivity index (χ4v) is 2.26. The number of aliphatic hydroxyl groups is 1. The van der Waals surface area contributed by atoms with E-state index in [0.717, 1.165) is 0 Å². The summed E-state index contributed by atoms with van der Waals surface area (Å²) < 4.78 is 0. The first-order valence-electron chi connectivity index (χ1n) is 4.99. The Kier molecular flexibility index (Phi) is 3.13. The number of hydrogen-bond donors (Lipinski definition) is 2. The molecule has 1 aliphatic carbocycles. The van der Waals surface area contributed by atoms with Crippen molar-refractivity contribution in [2.24, 2.45) is 17.1 Å². The molecule has 0 amide bonds. The van der Waals surface area contributed by atoms with Gasteiger partial charge in [0.1, 0.15) is 0 Å². The summed E-state index contributed by atoms with van der Waals surface area (Å²) in [4.78, 5) is 0. The molecule has 0 bridgehead atoms. The van der Waals surface area contributed by atoms with Gasteiger partial charge in [-0.1, -0.05) is 19.8 Å². The second-order valence-electron chi connectivity index (χ2n) is 4.37. The molecular formula is C10H21NO. The molecule has 2 nitrogen and oxygen atoms in total. The molecule has 2 atom stereocenters. The number of nitrogens with two attached hydrogens (primary N) is 1. The van der Waals surface area contributed by atoms with Gasteiger partial charge in [-0.05, 0) is 25.7 Å². The zero-order chi connectivity index (χ0) is 9.19. The van der Waals surface area contributed by atoms with Crippen LogP contribution in [0, 0.1) is 11.3 Å². The van der Waals surface area contributed by atoms with Crippen molar-refractivity contribution in [3.63, 3.8) is 0 Å². The number of hydrogen-bond acceptors (Lipinski definition) is 2. The first-order chi connectivity index (χ1) is 5.61. The fraction of sp³-hybridized carbons (Fsp3) is 1.00. The van der Waals surface area contributed by atoms with Crippen molar-refractivity contribution >= 4 is 0 Å². The van der Waals surface area contributed by atoms with Gasteiger partial charge in [0.15, 0.2) is 0 Å². The zero-order valence-corrected chi connectivity index (χ0v) is 8.21. The van der Waals surface area contributed by atoms with Crippen LogP contribution in [0.2, 0.25) is 0 Å². The smallest absolute Gasteiger partial charge is 0.0580 e. The molecule has 1 rings (SSSR count). The molecule has 0 aromatic carbocycles. The lowest BCUT2D eigenvalue weighted by atomic mass is 9.72. The third-order valence-corrected chi connectivity index (χ3v) is 3.68. The summed E-state index contributed by atoms with van der Waals surface area (Å²) >= 11 is 0. The van der Waals surface area contributed by atoms with E-state index in [1.54, 1.807) is 0 Å². The highest BCUT2D eigenvalue weighted by Gasteiger charge is 2.38. The van der Waals surface area contributed by atoms with Gasteiger partial charge in [0.05, 0.1) is 6.10 Å². The Labute approximate surface area is 75.2 Å². The van der Waals surface area contributed by atoms with Gasteiger partial charge in [0.2, 0.25) is 0 Å². The third kappa shape index (κ3) is 1.64. The summed E-state index contributed by atoms with van der Waals surface area (Å²) in [6.45, 7) is 4.59. The van der Waals surface area contributed by atoms with E-state index in [0.29, 0.717) is 12.5 Å². The highest BCUT2D eigenvalue weighted by Crippen LogP contribution is 2.41. The zero-order valence-electron chi connectivity index (χ0n) is 8.21. The third-order valence-electron chi connectivity index (χ3n) is 3.68. The van der Waals surface area contributed by atoms with E-state index in [4.69, 9.17) is 5.73 Å². The maximum absolute atomic E-state index is 9.65. The molecule has 0 heterocycles. The van der Waals surface area contributed by atoms with E-state index in [2.05, 4.69) is 6.92 Å². The monoisotopic (exact) mass is 171 g/mol. The molecule has 2 heteroatoms. The van der Waals surface area contributed by atoms with Crippen LogP contribution in [0.5, 0.6) is 0 Å². The lowest BCUT2D eigenvalue weighted by Crippen LogP contribution is -2.43. The molecule has 0 saturated heterocycles. The molecule has 0 radical (unpaired) electrons. The van der Waals surface area contributed by atoms with E-state index in [1.807, 2.05) is 6.92 Å². The Morgan fingerprint density at radius 1 is 1.50 bits per heavy atom. The minimum Gasteiger partial charge on any atom is -0.393 e. The Morgan fingerprint density at radius 2 is 2.00 bits per heavy atom. The van der Waals surface area contributed by atoms with E-state index in [9.17, 15) is 5.11 Å². The van der Waals surface area contributed by atoms with Gasteiger partial charge in [-0.15, -0.1) is 0 Å². The van der Waals surface area contributed by atoms with Crippen LogP contribution < -0.4 is 5.73 Å². The molecular weight excluding hydrogens is 150 g/mol. The second-order valence-corrected chi connectivity index (χ2v) is 4.37. The van der Waals surface area contributed by atoms with Gasteiger partial charge in [-0.3, -0.25) is 0 Å². The Hall–Kier alpha value is -0.0800. The van der Waals surface area contributed by atoms with Gasteiger partial charge in [0, 0.05) is 12.0 Å². The summed E-state index contributed by atoms with van der Waals surface area (Å²) in [5, 5.41) is 9.65. The molecule has 3 N–H and O–H groups in total. The molecule has 72 valence electrons. The average molecular weight is 171 g/mol. The largest absolute Gasteiger partial charge is 0.393 e. The van der Waals surface area contributed by atoms with E-state index >= 15 is 0 Å². The molecule has 12 heavy (non-hydrogen) atoms. The predicted octanol–water partition coefficient (Wildman–Crippen LogP) is 1.52. The summed E-state index contributed by atoms with van der Waals surface area (Å²) in [6, 6.07) is 0. The average Bonchev–Trinajstić information content (AvgIpc) is 2.54. The van der Waals surface area contributed by atoms with Crippen LogP contribution in [0.25, 0.3) is 0 Å². The van der Waals surface area contributed by atoms with Crippen LogP contribution >= 0.6 is 0 Å². The summed E-state index contributed by atoms with van der Waals surface area (Å²) in [5.74, 6) is 0.641. The van der Waals surface area contributed by atoms with Gasteiger partial charge in [-0.25, -0.2) is 0 Å². The SMILES string of the molecule is CC(O)C(C)(CN)C1CCCC1. The first kappa shape index (κ1) is 10.0. The lowest BCUT2D eigenvalue weighted by Gasteiger charge is -2.37. The van der Waals surface area contributed by atoms with Crippen molar-refractivity contribution in [1.82, 2.24) is 0 Å². The Morgan fingerprint density at radius 3 is 2.33 bits per heavy atom. The van der Waals surface area contributed by atoms with Crippen LogP contribution in [0.1, 0.15) is 39.5 Å². The van der Waals surface area contributed by atoms with Crippen LogP contribution in [-0.2, 0) is 0 Å². The maximum atomic E-state index is 9.65. The predicted molar refractivity (Wildman–Crippen MR) is 50.8 cm³/mol. The topological polar surface area (TPSA) is 46.2 Å². The van der Waals surface area contributed by atoms with Gasteiger partial charge >= 0.3 is 0 Å². The van der Waals surface area contributed by atoms with E-state index < -0.39 is 0 Å². The standard InChI is InChI=1S/C10H21NO/c1-8(12)10(2,7-11)9-5-3-4-6-9/h8-9,12H,3-7,11H2,1-2H3. The maximum Gasteiger partial charge on any atom is 0.0580 e. The second kappa shape index (κ2) is 3.75. The molecule has 2 unspecified atom stereocenters. The Balaban J connectivity index is 2.64. The molecule has 1 aliphatic rings. The highest BCUT2D eigenvalue weighted by molar-refractivity contribution is 4.90. The molecule has 1 fully saturated rings. The molecule has 0 spiro atoms. The quantitative estimate of drug-likeness (QED) is 0.676. The molecule has 1 saturated carbocycles. The Bertz CT molecular complexity index is 141. The molecule has 0 aromatic heterocycles. The minimum absolute atomic E-state index is 0.0451. The van der Waals surface area contributed by atoms with Crippen molar-refractivity contribution in [2.75, 3.05) is 6.54 Å².